The van der Waals surface area contributed by atoms with Gasteiger partial charge in [-0.25, -0.2) is 0 Å². The number of hydrogen-bond acceptors (Lipinski definition) is 7. The number of carbonyl (C=O) groups excluding carboxylic acids is 4. The van der Waals surface area contributed by atoms with Gasteiger partial charge in [0.1, 0.15) is 18.1 Å². The summed E-state index contributed by atoms with van der Waals surface area (Å²) < 4.78 is 79.7. The Labute approximate surface area is 135 Å². The van der Waals surface area contributed by atoms with Crippen molar-refractivity contribution in [2.45, 2.75) is 42.9 Å². The summed E-state index contributed by atoms with van der Waals surface area (Å²) in [6.45, 7) is 0. The number of fused-ring (bicyclic) bond motifs is 1. The first kappa shape index (κ1) is 17.7. The molecule has 3 aliphatic heterocycles. The third-order valence-electron chi connectivity index (χ3n) is 4.41. The average molecular weight is 372 g/mol. The fraction of sp³-hybridized carbons (Fsp3) is 0.692. The van der Waals surface area contributed by atoms with Gasteiger partial charge >= 0.3 is 24.0 Å². The third kappa shape index (κ3) is 2.58. The number of alkyl halides is 5. The fourth-order valence-corrected chi connectivity index (χ4v) is 3.36. The second-order valence-electron chi connectivity index (χ2n) is 5.87. The Morgan fingerprint density at radius 2 is 1.84 bits per heavy atom. The maximum absolute atomic E-state index is 13.6. The van der Waals surface area contributed by atoms with E-state index in [1.54, 1.807) is 0 Å². The Kier molecular flexibility index (Phi) is 3.86. The van der Waals surface area contributed by atoms with Crippen LogP contribution in [0.3, 0.4) is 0 Å². The first-order valence-corrected chi connectivity index (χ1v) is 6.99. The quantitative estimate of drug-likeness (QED) is 0.294. The molecular formula is C13H9F5O7. The highest BCUT2D eigenvalue weighted by Crippen LogP contribution is 2.50. The molecule has 0 aromatic carbocycles. The number of Topliss-reactive ketones (excluding diaryl/α,β-unsaturated/α-hetero) is 1. The van der Waals surface area contributed by atoms with Gasteiger partial charge in [0.15, 0.2) is 6.29 Å². The molecule has 0 aromatic heterocycles. The summed E-state index contributed by atoms with van der Waals surface area (Å²) in [5.41, 5.74) is 0. The van der Waals surface area contributed by atoms with E-state index < -0.39 is 72.4 Å². The lowest BCUT2D eigenvalue weighted by Crippen LogP contribution is -2.54. The van der Waals surface area contributed by atoms with Crippen LogP contribution in [0.15, 0.2) is 0 Å². The molecule has 0 radical (unpaired) electrons. The zero-order valence-corrected chi connectivity index (χ0v) is 12.0. The summed E-state index contributed by atoms with van der Waals surface area (Å²) in [7, 11) is 0. The molecule has 0 saturated carbocycles. The number of esters is 2. The lowest BCUT2D eigenvalue weighted by molar-refractivity contribution is -0.271. The number of ether oxygens (including phenoxy) is 3. The minimum Gasteiger partial charge on any atom is -0.459 e. The molecule has 7 nitrogen and oxygen atoms in total. The Bertz CT molecular complexity index is 643. The van der Waals surface area contributed by atoms with Crippen molar-refractivity contribution < 1.29 is 55.3 Å². The SMILES string of the molecule is O=CC(=O)C(F)(F)C(OC(=O)C1C2CC3OC(=O)C1C3O2)C(F)(F)F. The van der Waals surface area contributed by atoms with Crippen LogP contribution in [0.1, 0.15) is 6.42 Å². The van der Waals surface area contributed by atoms with Crippen molar-refractivity contribution in [1.82, 2.24) is 0 Å². The first-order chi connectivity index (χ1) is 11.5. The summed E-state index contributed by atoms with van der Waals surface area (Å²) in [6.07, 6.45) is -13.4. The van der Waals surface area contributed by atoms with E-state index >= 15 is 0 Å². The second-order valence-corrected chi connectivity index (χ2v) is 5.87. The number of hydrogen-bond donors (Lipinski definition) is 0. The van der Waals surface area contributed by atoms with Gasteiger partial charge < -0.3 is 14.2 Å². The highest BCUT2D eigenvalue weighted by molar-refractivity contribution is 6.28. The molecule has 3 aliphatic rings. The van der Waals surface area contributed by atoms with Gasteiger partial charge in [0, 0.05) is 6.42 Å². The van der Waals surface area contributed by atoms with E-state index in [0.29, 0.717) is 0 Å². The number of halogens is 5. The van der Waals surface area contributed by atoms with E-state index in [1.807, 2.05) is 0 Å². The topological polar surface area (TPSA) is 96.0 Å². The molecule has 0 amide bonds. The molecular weight excluding hydrogens is 363 g/mol. The molecule has 2 bridgehead atoms. The molecule has 0 N–H and O–H groups in total. The molecule has 3 rings (SSSR count). The molecule has 0 aromatic rings. The molecule has 3 fully saturated rings. The van der Waals surface area contributed by atoms with Crippen LogP contribution in [-0.4, -0.2) is 60.5 Å². The minimum atomic E-state index is -5.82. The first-order valence-electron chi connectivity index (χ1n) is 6.99. The molecule has 0 spiro atoms. The maximum atomic E-state index is 13.6. The Hall–Kier alpha value is -2.11. The van der Waals surface area contributed by atoms with Crippen LogP contribution < -0.4 is 0 Å². The molecule has 6 atom stereocenters. The molecule has 138 valence electrons. The molecule has 25 heavy (non-hydrogen) atoms. The Balaban J connectivity index is 1.83. The van der Waals surface area contributed by atoms with Crippen LogP contribution in [0.5, 0.6) is 0 Å². The second kappa shape index (κ2) is 5.44. The number of rotatable bonds is 5. The van der Waals surface area contributed by atoms with Crippen molar-refractivity contribution in [2.75, 3.05) is 0 Å². The maximum Gasteiger partial charge on any atom is 0.432 e. The van der Waals surface area contributed by atoms with Crippen molar-refractivity contribution in [1.29, 1.82) is 0 Å². The summed E-state index contributed by atoms with van der Waals surface area (Å²) >= 11 is 0. The predicted octanol–water partition coefficient (Wildman–Crippen LogP) is 0.193. The normalized spacial score (nSPS) is 34.6. The van der Waals surface area contributed by atoms with Crippen molar-refractivity contribution in [3.8, 4) is 0 Å². The van der Waals surface area contributed by atoms with Gasteiger partial charge in [0.05, 0.1) is 12.0 Å². The van der Waals surface area contributed by atoms with Crippen LogP contribution in [0.2, 0.25) is 0 Å². The van der Waals surface area contributed by atoms with Gasteiger partial charge in [0.2, 0.25) is 0 Å². The van der Waals surface area contributed by atoms with E-state index in [9.17, 15) is 41.1 Å². The van der Waals surface area contributed by atoms with Gasteiger partial charge in [-0.3, -0.25) is 19.2 Å². The van der Waals surface area contributed by atoms with Gasteiger partial charge in [0.25, 0.3) is 11.9 Å². The standard InChI is InChI=1S/C13H9F5O7/c14-12(15,5(20)2-19)11(13(16,17)18)25-9(21)6-3-1-4-8(23-3)7(6)10(22)24-4/h2-4,6-8,11H,1H2. The molecule has 0 aliphatic carbocycles. The third-order valence-corrected chi connectivity index (χ3v) is 4.41. The number of carbonyl (C=O) groups is 4. The van der Waals surface area contributed by atoms with Crippen LogP contribution in [0.4, 0.5) is 22.0 Å². The zero-order valence-electron chi connectivity index (χ0n) is 12.0. The van der Waals surface area contributed by atoms with Gasteiger partial charge in [-0.15, -0.1) is 0 Å². The summed E-state index contributed by atoms with van der Waals surface area (Å²) in [6, 6.07) is 0. The van der Waals surface area contributed by atoms with Crippen molar-refractivity contribution >= 4 is 24.0 Å². The Morgan fingerprint density at radius 1 is 1.20 bits per heavy atom. The van der Waals surface area contributed by atoms with Crippen LogP contribution in [-0.2, 0) is 33.4 Å². The lowest BCUT2D eigenvalue weighted by atomic mass is 9.80. The fourth-order valence-electron chi connectivity index (χ4n) is 3.36. The smallest absolute Gasteiger partial charge is 0.432 e. The molecule has 12 heteroatoms. The van der Waals surface area contributed by atoms with E-state index in [4.69, 9.17) is 9.47 Å². The van der Waals surface area contributed by atoms with Gasteiger partial charge in [-0.05, 0) is 0 Å². The van der Waals surface area contributed by atoms with Gasteiger partial charge in [-0.1, -0.05) is 0 Å². The predicted molar refractivity (Wildman–Crippen MR) is 62.1 cm³/mol. The number of ketones is 1. The van der Waals surface area contributed by atoms with Crippen molar-refractivity contribution in [3.63, 3.8) is 0 Å². The van der Waals surface area contributed by atoms with Gasteiger partial charge in [-0.2, -0.15) is 22.0 Å². The van der Waals surface area contributed by atoms with E-state index in [1.165, 1.54) is 0 Å². The lowest BCUT2D eigenvalue weighted by Gasteiger charge is -2.28. The zero-order chi connectivity index (χ0) is 18.7. The average Bonchev–Trinajstić information content (AvgIpc) is 3.11. The number of aldehydes is 1. The summed E-state index contributed by atoms with van der Waals surface area (Å²) in [5.74, 6) is -13.4. The Morgan fingerprint density at radius 3 is 2.40 bits per heavy atom. The summed E-state index contributed by atoms with van der Waals surface area (Å²) in [5, 5.41) is 0. The molecule has 3 saturated heterocycles. The van der Waals surface area contributed by atoms with E-state index in [-0.39, 0.29) is 6.42 Å². The minimum absolute atomic E-state index is 0.0209. The van der Waals surface area contributed by atoms with E-state index in [2.05, 4.69) is 4.74 Å². The van der Waals surface area contributed by atoms with Crippen molar-refractivity contribution in [3.05, 3.63) is 0 Å². The highest BCUT2D eigenvalue weighted by atomic mass is 19.4. The highest BCUT2D eigenvalue weighted by Gasteiger charge is 2.68. The van der Waals surface area contributed by atoms with Crippen molar-refractivity contribution in [2.24, 2.45) is 11.8 Å². The van der Waals surface area contributed by atoms with Crippen LogP contribution in [0.25, 0.3) is 0 Å². The monoisotopic (exact) mass is 372 g/mol. The summed E-state index contributed by atoms with van der Waals surface area (Å²) in [4.78, 5) is 44.7. The van der Waals surface area contributed by atoms with E-state index in [0.717, 1.165) is 0 Å². The van der Waals surface area contributed by atoms with Crippen LogP contribution >= 0.6 is 0 Å². The largest absolute Gasteiger partial charge is 0.459 e. The molecule has 3 heterocycles. The molecule has 6 unspecified atom stereocenters. The van der Waals surface area contributed by atoms with Crippen LogP contribution in [0, 0.1) is 11.8 Å².